The Morgan fingerprint density at radius 3 is 2.72 bits per heavy atom. The Hall–Kier alpha value is -3.56. The average Bonchev–Trinajstić information content (AvgIpc) is 2.97. The molecule has 0 atom stereocenters. The van der Waals surface area contributed by atoms with Crippen LogP contribution in [0.25, 0.3) is 0 Å². The second-order valence-corrected chi connectivity index (χ2v) is 7.23. The quantitative estimate of drug-likeness (QED) is 0.513. The van der Waals surface area contributed by atoms with E-state index in [9.17, 15) is 19.2 Å². The number of Topliss-reactive ketones (excluding diaryl/α,β-unsaturated/α-hetero) is 1. The van der Waals surface area contributed by atoms with Gasteiger partial charge in [-0.3, -0.25) is 19.1 Å². The van der Waals surface area contributed by atoms with Gasteiger partial charge in [0.25, 0.3) is 5.56 Å². The van der Waals surface area contributed by atoms with Crippen molar-refractivity contribution in [3.8, 4) is 11.5 Å². The topological polar surface area (TPSA) is 143 Å². The lowest BCUT2D eigenvalue weighted by molar-refractivity contribution is -0.144. The molecule has 154 valence electrons. The SMILES string of the molecule is Cn1c(N)c(C(=O)COC(=O)COc2cccc3c2OC(C)(C)C3)c(=O)[nH]c1=O. The number of benzene rings is 1. The highest BCUT2D eigenvalue weighted by Gasteiger charge is 2.32. The summed E-state index contributed by atoms with van der Waals surface area (Å²) in [6.07, 6.45) is 0.716. The Labute approximate surface area is 165 Å². The van der Waals surface area contributed by atoms with Gasteiger partial charge >= 0.3 is 11.7 Å². The average molecular weight is 403 g/mol. The molecule has 1 aromatic heterocycles. The zero-order valence-electron chi connectivity index (χ0n) is 16.2. The molecule has 0 fully saturated rings. The molecule has 0 unspecified atom stereocenters. The normalized spacial score (nSPS) is 14.0. The summed E-state index contributed by atoms with van der Waals surface area (Å²) in [5.41, 5.74) is 4.11. The number of carbonyl (C=O) groups is 2. The van der Waals surface area contributed by atoms with Crippen molar-refractivity contribution >= 4 is 17.6 Å². The van der Waals surface area contributed by atoms with Gasteiger partial charge in [0.2, 0.25) is 5.78 Å². The van der Waals surface area contributed by atoms with Gasteiger partial charge in [0.1, 0.15) is 17.0 Å². The van der Waals surface area contributed by atoms with E-state index >= 15 is 0 Å². The number of hydrogen-bond donors (Lipinski definition) is 2. The summed E-state index contributed by atoms with van der Waals surface area (Å²) in [6.45, 7) is 2.73. The first-order chi connectivity index (χ1) is 13.6. The van der Waals surface area contributed by atoms with Crippen LogP contribution in [0.1, 0.15) is 29.8 Å². The molecule has 2 heterocycles. The maximum absolute atomic E-state index is 12.2. The molecule has 0 bridgehead atoms. The molecule has 1 aromatic carbocycles. The van der Waals surface area contributed by atoms with Crippen LogP contribution in [-0.4, -0.2) is 40.1 Å². The lowest BCUT2D eigenvalue weighted by atomic mass is 10.0. The fraction of sp³-hybridized carbons (Fsp3) is 0.368. The van der Waals surface area contributed by atoms with Crippen molar-refractivity contribution in [1.82, 2.24) is 9.55 Å². The summed E-state index contributed by atoms with van der Waals surface area (Å²) in [4.78, 5) is 49.4. The monoisotopic (exact) mass is 403 g/mol. The summed E-state index contributed by atoms with van der Waals surface area (Å²) < 4.78 is 17.1. The Kier molecular flexibility index (Phi) is 5.19. The minimum atomic E-state index is -0.942. The van der Waals surface area contributed by atoms with Crippen LogP contribution in [0.15, 0.2) is 27.8 Å². The molecule has 3 rings (SSSR count). The van der Waals surface area contributed by atoms with E-state index < -0.39 is 41.8 Å². The number of H-pyrrole nitrogens is 1. The summed E-state index contributed by atoms with van der Waals surface area (Å²) in [6, 6.07) is 5.38. The number of ether oxygens (including phenoxy) is 3. The fourth-order valence-electron chi connectivity index (χ4n) is 3.00. The van der Waals surface area contributed by atoms with Crippen molar-refractivity contribution in [2.75, 3.05) is 18.9 Å². The van der Waals surface area contributed by atoms with Crippen LogP contribution in [0.2, 0.25) is 0 Å². The molecule has 0 radical (unpaired) electrons. The standard InChI is InChI=1S/C19H21N3O7/c1-19(2)7-10-5-4-6-12(15(10)29-19)27-9-13(24)28-8-11(23)14-16(20)22(3)18(26)21-17(14)25/h4-6H,7-9,20H2,1-3H3,(H,21,25,26). The number of carbonyl (C=O) groups excluding carboxylic acids is 2. The van der Waals surface area contributed by atoms with Gasteiger partial charge in [0.05, 0.1) is 0 Å². The molecular formula is C19H21N3O7. The zero-order chi connectivity index (χ0) is 21.3. The number of aromatic nitrogens is 2. The number of nitrogens with zero attached hydrogens (tertiary/aromatic N) is 1. The van der Waals surface area contributed by atoms with E-state index in [1.54, 1.807) is 12.1 Å². The number of nitrogens with one attached hydrogen (secondary N) is 1. The van der Waals surface area contributed by atoms with Gasteiger partial charge in [0, 0.05) is 19.0 Å². The first-order valence-electron chi connectivity index (χ1n) is 8.80. The van der Waals surface area contributed by atoms with E-state index in [0.29, 0.717) is 17.9 Å². The predicted molar refractivity (Wildman–Crippen MR) is 102 cm³/mol. The Balaban J connectivity index is 1.61. The fourth-order valence-corrected chi connectivity index (χ4v) is 3.00. The molecule has 10 nitrogen and oxygen atoms in total. The highest BCUT2D eigenvalue weighted by atomic mass is 16.6. The van der Waals surface area contributed by atoms with Gasteiger partial charge in [-0.05, 0) is 19.9 Å². The van der Waals surface area contributed by atoms with Crippen molar-refractivity contribution in [1.29, 1.82) is 0 Å². The van der Waals surface area contributed by atoms with Crippen LogP contribution in [0.3, 0.4) is 0 Å². The number of ketones is 1. The van der Waals surface area contributed by atoms with E-state index in [1.807, 2.05) is 24.9 Å². The third-order valence-electron chi connectivity index (χ3n) is 4.41. The number of fused-ring (bicyclic) bond motifs is 1. The summed E-state index contributed by atoms with van der Waals surface area (Å²) in [5, 5.41) is 0. The second kappa shape index (κ2) is 7.46. The van der Waals surface area contributed by atoms with Gasteiger partial charge < -0.3 is 19.9 Å². The molecule has 0 spiro atoms. The molecule has 0 amide bonds. The van der Waals surface area contributed by atoms with Crippen LogP contribution in [0.4, 0.5) is 5.82 Å². The summed E-state index contributed by atoms with van der Waals surface area (Å²) in [7, 11) is 1.30. The first-order valence-corrected chi connectivity index (χ1v) is 8.80. The van der Waals surface area contributed by atoms with Gasteiger partial charge in [-0.1, -0.05) is 12.1 Å². The predicted octanol–water partition coefficient (Wildman–Crippen LogP) is 0.174. The van der Waals surface area contributed by atoms with E-state index in [4.69, 9.17) is 19.9 Å². The van der Waals surface area contributed by atoms with Gasteiger partial charge in [-0.15, -0.1) is 0 Å². The maximum Gasteiger partial charge on any atom is 0.344 e. The van der Waals surface area contributed by atoms with Crippen molar-refractivity contribution in [3.63, 3.8) is 0 Å². The van der Waals surface area contributed by atoms with Crippen LogP contribution < -0.4 is 26.5 Å². The second-order valence-electron chi connectivity index (χ2n) is 7.23. The number of hydrogen-bond acceptors (Lipinski definition) is 8. The molecule has 0 aliphatic carbocycles. The third kappa shape index (κ3) is 4.15. The van der Waals surface area contributed by atoms with E-state index in [1.165, 1.54) is 7.05 Å². The number of para-hydroxylation sites is 1. The molecular weight excluding hydrogens is 382 g/mol. The Morgan fingerprint density at radius 1 is 1.28 bits per heavy atom. The molecule has 0 saturated carbocycles. The van der Waals surface area contributed by atoms with E-state index in [0.717, 1.165) is 10.1 Å². The van der Waals surface area contributed by atoms with Gasteiger partial charge in [-0.25, -0.2) is 9.59 Å². The molecule has 10 heteroatoms. The molecule has 29 heavy (non-hydrogen) atoms. The third-order valence-corrected chi connectivity index (χ3v) is 4.41. The molecule has 0 saturated heterocycles. The summed E-state index contributed by atoms with van der Waals surface area (Å²) >= 11 is 0. The molecule has 2 aromatic rings. The smallest absolute Gasteiger partial charge is 0.344 e. The number of rotatable bonds is 6. The molecule has 3 N–H and O–H groups in total. The van der Waals surface area contributed by atoms with Crippen LogP contribution in [0.5, 0.6) is 11.5 Å². The Morgan fingerprint density at radius 2 is 2.00 bits per heavy atom. The van der Waals surface area contributed by atoms with Crippen molar-refractivity contribution in [2.24, 2.45) is 7.05 Å². The highest BCUT2D eigenvalue weighted by Crippen LogP contribution is 2.41. The Bertz CT molecular complexity index is 1100. The largest absolute Gasteiger partial charge is 0.483 e. The van der Waals surface area contributed by atoms with Crippen molar-refractivity contribution in [3.05, 3.63) is 50.2 Å². The van der Waals surface area contributed by atoms with Crippen LogP contribution in [0, 0.1) is 0 Å². The highest BCUT2D eigenvalue weighted by molar-refractivity contribution is 6.01. The minimum absolute atomic E-state index is 0.310. The van der Waals surface area contributed by atoms with Gasteiger partial charge in [-0.2, -0.15) is 0 Å². The number of anilines is 1. The van der Waals surface area contributed by atoms with Crippen LogP contribution in [-0.2, 0) is 23.0 Å². The summed E-state index contributed by atoms with van der Waals surface area (Å²) in [5.74, 6) is -0.983. The van der Waals surface area contributed by atoms with E-state index in [-0.39, 0.29) is 11.4 Å². The molecule has 1 aliphatic rings. The van der Waals surface area contributed by atoms with Gasteiger partial charge in [0.15, 0.2) is 24.7 Å². The number of nitrogens with two attached hydrogens (primary N) is 1. The zero-order valence-corrected chi connectivity index (χ0v) is 16.2. The first kappa shape index (κ1) is 20.2. The number of nitrogen functional groups attached to an aromatic ring is 1. The lowest BCUT2D eigenvalue weighted by Crippen LogP contribution is -2.36. The van der Waals surface area contributed by atoms with Crippen LogP contribution >= 0.6 is 0 Å². The van der Waals surface area contributed by atoms with E-state index in [2.05, 4.69) is 0 Å². The van der Waals surface area contributed by atoms with Crippen molar-refractivity contribution < 1.29 is 23.8 Å². The number of esters is 1. The molecule has 1 aliphatic heterocycles. The minimum Gasteiger partial charge on any atom is -0.483 e. The van der Waals surface area contributed by atoms with Crippen molar-refractivity contribution in [2.45, 2.75) is 25.9 Å². The lowest BCUT2D eigenvalue weighted by Gasteiger charge is -2.18. The maximum atomic E-state index is 12.2. The number of aromatic amines is 1.